The predicted molar refractivity (Wildman–Crippen MR) is 116 cm³/mol. The van der Waals surface area contributed by atoms with Gasteiger partial charge in [-0.2, -0.15) is 0 Å². The van der Waals surface area contributed by atoms with E-state index in [1.165, 1.54) is 4.90 Å². The summed E-state index contributed by atoms with van der Waals surface area (Å²) in [7, 11) is 0. The Balaban J connectivity index is 1.94. The summed E-state index contributed by atoms with van der Waals surface area (Å²) in [5.41, 5.74) is 3.50. The molecule has 0 atom stereocenters. The first kappa shape index (κ1) is 22.0. The summed E-state index contributed by atoms with van der Waals surface area (Å²) in [6.07, 6.45) is 0.944. The number of rotatable bonds is 1. The second-order valence-electron chi connectivity index (χ2n) is 9.83. The summed E-state index contributed by atoms with van der Waals surface area (Å²) >= 11 is 3.67. The molecular weight excluding hydrogens is 434 g/mol. The summed E-state index contributed by atoms with van der Waals surface area (Å²) in [4.78, 5) is 39.1. The van der Waals surface area contributed by atoms with Crippen LogP contribution < -0.4 is 0 Å². The van der Waals surface area contributed by atoms with Gasteiger partial charge in [-0.3, -0.25) is 9.59 Å². The fourth-order valence-electron chi connectivity index (χ4n) is 5.35. The van der Waals surface area contributed by atoms with Crippen LogP contribution in [0.15, 0.2) is 10.5 Å². The summed E-state index contributed by atoms with van der Waals surface area (Å²) in [6, 6.07) is 2.03. The molecule has 6 heteroatoms. The molecule has 2 aliphatic rings. The average molecular weight is 464 g/mol. The van der Waals surface area contributed by atoms with Crippen molar-refractivity contribution in [2.75, 3.05) is 13.1 Å². The predicted octanol–water partition coefficient (Wildman–Crippen LogP) is 5.14. The molecule has 1 aromatic rings. The van der Waals surface area contributed by atoms with Crippen LogP contribution in [-0.2, 0) is 15.0 Å². The molecule has 2 fully saturated rings. The molecule has 1 aliphatic carbocycles. The molecule has 0 unspecified atom stereocenters. The van der Waals surface area contributed by atoms with E-state index in [0.717, 1.165) is 26.7 Å². The Bertz CT molecular complexity index is 856. The quantitative estimate of drug-likeness (QED) is 0.584. The Morgan fingerprint density at radius 2 is 1.66 bits per heavy atom. The van der Waals surface area contributed by atoms with Crippen molar-refractivity contribution in [3.63, 3.8) is 0 Å². The molecule has 0 bridgehead atoms. The zero-order valence-electron chi connectivity index (χ0n) is 17.9. The molecule has 0 radical (unpaired) electrons. The number of piperidine rings is 1. The lowest BCUT2D eigenvalue weighted by Crippen LogP contribution is -2.48. The SMILES string of the molecule is Cc1cc(Br)c(C(C)(C)C)c(C)c1C1C(=O)CC2(CCN(C(=O)O)CC2)CC1=O. The van der Waals surface area contributed by atoms with E-state index in [0.29, 0.717) is 38.8 Å². The number of nitrogens with zero attached hydrogens (tertiary/aromatic N) is 1. The van der Waals surface area contributed by atoms with Gasteiger partial charge in [0.15, 0.2) is 0 Å². The zero-order valence-corrected chi connectivity index (χ0v) is 19.5. The lowest BCUT2D eigenvalue weighted by atomic mass is 9.62. The Labute approximate surface area is 181 Å². The maximum absolute atomic E-state index is 13.3. The van der Waals surface area contributed by atoms with Gasteiger partial charge in [0.25, 0.3) is 0 Å². The van der Waals surface area contributed by atoms with Crippen LogP contribution in [-0.4, -0.2) is 40.8 Å². The standard InChI is InChI=1S/C23H30BrNO4/c1-13-10-15(24)20(22(3,4)5)14(2)18(13)19-16(26)11-23(12-17(19)27)6-8-25(9-7-23)21(28)29/h10,19H,6-9,11-12H2,1-5H3,(H,28,29). The topological polar surface area (TPSA) is 74.7 Å². The second-order valence-corrected chi connectivity index (χ2v) is 10.7. The van der Waals surface area contributed by atoms with Gasteiger partial charge in [-0.05, 0) is 65.8 Å². The number of hydrogen-bond donors (Lipinski definition) is 1. The van der Waals surface area contributed by atoms with E-state index in [2.05, 4.69) is 36.7 Å². The van der Waals surface area contributed by atoms with Crippen molar-refractivity contribution in [2.45, 2.75) is 71.6 Å². The maximum atomic E-state index is 13.3. The molecule has 1 amide bonds. The van der Waals surface area contributed by atoms with E-state index in [9.17, 15) is 19.5 Å². The first-order valence-corrected chi connectivity index (χ1v) is 11.0. The third-order valence-corrected chi connectivity index (χ3v) is 7.29. The van der Waals surface area contributed by atoms with Gasteiger partial charge in [0, 0.05) is 30.4 Å². The number of carbonyl (C=O) groups is 3. The molecule has 1 saturated carbocycles. The minimum Gasteiger partial charge on any atom is -0.465 e. The number of ketones is 2. The van der Waals surface area contributed by atoms with Gasteiger partial charge >= 0.3 is 6.09 Å². The smallest absolute Gasteiger partial charge is 0.407 e. The van der Waals surface area contributed by atoms with Crippen molar-refractivity contribution in [3.8, 4) is 0 Å². The third kappa shape index (κ3) is 4.00. The van der Waals surface area contributed by atoms with Gasteiger partial charge in [0.2, 0.25) is 0 Å². The zero-order chi connectivity index (χ0) is 21.7. The Morgan fingerprint density at radius 3 is 2.10 bits per heavy atom. The van der Waals surface area contributed by atoms with Crippen LogP contribution >= 0.6 is 15.9 Å². The van der Waals surface area contributed by atoms with Crippen molar-refractivity contribution in [1.82, 2.24) is 4.90 Å². The molecule has 5 nitrogen and oxygen atoms in total. The van der Waals surface area contributed by atoms with E-state index in [-0.39, 0.29) is 22.4 Å². The van der Waals surface area contributed by atoms with Gasteiger partial charge in [0.1, 0.15) is 17.5 Å². The highest BCUT2D eigenvalue weighted by Crippen LogP contribution is 2.48. The fourth-order valence-corrected chi connectivity index (χ4v) is 6.58. The average Bonchev–Trinajstić information content (AvgIpc) is 2.55. The third-order valence-electron chi connectivity index (χ3n) is 6.66. The molecule has 1 aromatic carbocycles. The minimum atomic E-state index is -0.929. The second kappa shape index (κ2) is 7.53. The lowest BCUT2D eigenvalue weighted by Gasteiger charge is -2.44. The van der Waals surface area contributed by atoms with E-state index >= 15 is 0 Å². The number of amides is 1. The van der Waals surface area contributed by atoms with Crippen LogP contribution in [0, 0.1) is 19.3 Å². The fraction of sp³-hybridized carbons (Fsp3) is 0.609. The first-order valence-electron chi connectivity index (χ1n) is 10.2. The lowest BCUT2D eigenvalue weighted by molar-refractivity contribution is -0.138. The van der Waals surface area contributed by atoms with E-state index in [1.54, 1.807) is 0 Å². The van der Waals surface area contributed by atoms with Crippen LogP contribution in [0.25, 0.3) is 0 Å². The van der Waals surface area contributed by atoms with Crippen molar-refractivity contribution in [3.05, 3.63) is 32.8 Å². The molecule has 29 heavy (non-hydrogen) atoms. The number of Topliss-reactive ketones (excluding diaryl/α,β-unsaturated/α-hetero) is 2. The van der Waals surface area contributed by atoms with Crippen LogP contribution in [0.5, 0.6) is 0 Å². The number of carbonyl (C=O) groups excluding carboxylic acids is 2. The number of hydrogen-bond acceptors (Lipinski definition) is 3. The van der Waals surface area contributed by atoms with Crippen molar-refractivity contribution >= 4 is 33.6 Å². The Kier molecular flexibility index (Phi) is 5.71. The Morgan fingerprint density at radius 1 is 1.14 bits per heavy atom. The monoisotopic (exact) mass is 463 g/mol. The van der Waals surface area contributed by atoms with E-state index in [1.807, 2.05) is 19.9 Å². The summed E-state index contributed by atoms with van der Waals surface area (Å²) in [6.45, 7) is 11.2. The highest BCUT2D eigenvalue weighted by Gasteiger charge is 2.48. The van der Waals surface area contributed by atoms with Crippen LogP contribution in [0.3, 0.4) is 0 Å². The summed E-state index contributed by atoms with van der Waals surface area (Å²) in [5.74, 6) is -0.732. The van der Waals surface area contributed by atoms with Gasteiger partial charge in [-0.25, -0.2) is 4.79 Å². The number of halogens is 1. The molecule has 158 valence electrons. The number of likely N-dealkylation sites (tertiary alicyclic amines) is 1. The van der Waals surface area contributed by atoms with E-state index < -0.39 is 12.0 Å². The normalized spacial score (nSPS) is 20.4. The highest BCUT2D eigenvalue weighted by atomic mass is 79.9. The minimum absolute atomic E-state index is 0.0154. The van der Waals surface area contributed by atoms with Crippen molar-refractivity contribution < 1.29 is 19.5 Å². The van der Waals surface area contributed by atoms with Gasteiger partial charge in [-0.1, -0.05) is 36.7 Å². The molecule has 1 spiro atoms. The molecule has 1 aliphatic heterocycles. The molecule has 1 N–H and O–H groups in total. The molecule has 3 rings (SSSR count). The number of benzene rings is 1. The molecule has 1 heterocycles. The maximum Gasteiger partial charge on any atom is 0.407 e. The molecule has 0 aromatic heterocycles. The number of aryl methyl sites for hydroxylation is 1. The summed E-state index contributed by atoms with van der Waals surface area (Å²) in [5, 5.41) is 9.18. The van der Waals surface area contributed by atoms with Crippen LogP contribution in [0.2, 0.25) is 0 Å². The van der Waals surface area contributed by atoms with Crippen molar-refractivity contribution in [2.24, 2.45) is 5.41 Å². The number of carboxylic acid groups (broad SMARTS) is 1. The molecular formula is C23H30BrNO4. The van der Waals surface area contributed by atoms with Crippen LogP contribution in [0.4, 0.5) is 4.79 Å². The van der Waals surface area contributed by atoms with Crippen LogP contribution in [0.1, 0.15) is 74.6 Å². The van der Waals surface area contributed by atoms with Crippen molar-refractivity contribution in [1.29, 1.82) is 0 Å². The summed E-state index contributed by atoms with van der Waals surface area (Å²) < 4.78 is 1.01. The van der Waals surface area contributed by atoms with E-state index in [4.69, 9.17) is 0 Å². The van der Waals surface area contributed by atoms with Gasteiger partial charge < -0.3 is 10.0 Å². The van der Waals surface area contributed by atoms with Gasteiger partial charge in [0.05, 0.1) is 0 Å². The molecule has 1 saturated heterocycles. The first-order chi connectivity index (χ1) is 13.4. The Hall–Kier alpha value is -1.69. The van der Waals surface area contributed by atoms with Gasteiger partial charge in [-0.15, -0.1) is 0 Å². The largest absolute Gasteiger partial charge is 0.465 e. The highest BCUT2D eigenvalue weighted by molar-refractivity contribution is 9.10.